The van der Waals surface area contributed by atoms with Crippen molar-refractivity contribution in [1.82, 2.24) is 5.32 Å². The van der Waals surface area contributed by atoms with Crippen LogP contribution in [-0.4, -0.2) is 25.0 Å². The van der Waals surface area contributed by atoms with E-state index in [0.29, 0.717) is 0 Å². The van der Waals surface area contributed by atoms with Crippen molar-refractivity contribution in [3.63, 3.8) is 0 Å². The third-order valence-corrected chi connectivity index (χ3v) is 2.59. The maximum Gasteiger partial charge on any atom is 0.257 e. The molecule has 104 valence electrons. The van der Waals surface area contributed by atoms with Gasteiger partial charge >= 0.3 is 0 Å². The van der Waals surface area contributed by atoms with Crippen molar-refractivity contribution >= 4 is 11.8 Å². The van der Waals surface area contributed by atoms with Crippen LogP contribution in [0.4, 0.5) is 4.39 Å². The van der Waals surface area contributed by atoms with Gasteiger partial charge < -0.3 is 15.8 Å². The summed E-state index contributed by atoms with van der Waals surface area (Å²) in [7, 11) is 0. The lowest BCUT2D eigenvalue weighted by Gasteiger charge is -2.20. The van der Waals surface area contributed by atoms with Gasteiger partial charge in [-0.3, -0.25) is 9.59 Å². The molecule has 0 aromatic heterocycles. The van der Waals surface area contributed by atoms with Crippen LogP contribution in [0.1, 0.15) is 13.8 Å². The summed E-state index contributed by atoms with van der Waals surface area (Å²) in [5.74, 6) is -1.49. The van der Waals surface area contributed by atoms with E-state index in [2.05, 4.69) is 5.32 Å². The molecule has 19 heavy (non-hydrogen) atoms. The van der Waals surface area contributed by atoms with Crippen molar-refractivity contribution in [2.75, 3.05) is 13.2 Å². The van der Waals surface area contributed by atoms with Crippen LogP contribution in [0.2, 0.25) is 0 Å². The number of benzene rings is 1. The predicted octanol–water partition coefficient (Wildman–Crippen LogP) is 0.832. The predicted molar refractivity (Wildman–Crippen MR) is 67.9 cm³/mol. The number of nitrogens with two attached hydrogens (primary N) is 1. The van der Waals surface area contributed by atoms with Gasteiger partial charge in [-0.05, 0) is 26.0 Å². The van der Waals surface area contributed by atoms with Gasteiger partial charge in [0.15, 0.2) is 18.2 Å². The van der Waals surface area contributed by atoms with Gasteiger partial charge in [0.2, 0.25) is 5.91 Å². The molecule has 1 aromatic rings. The number of carbonyl (C=O) groups is 2. The minimum absolute atomic E-state index is 0.00631. The van der Waals surface area contributed by atoms with Gasteiger partial charge in [0.1, 0.15) is 0 Å². The van der Waals surface area contributed by atoms with Crippen LogP contribution in [-0.2, 0) is 9.59 Å². The van der Waals surface area contributed by atoms with E-state index in [4.69, 9.17) is 10.5 Å². The molecule has 0 unspecified atom stereocenters. The van der Waals surface area contributed by atoms with Crippen LogP contribution in [0.5, 0.6) is 5.75 Å². The summed E-state index contributed by atoms with van der Waals surface area (Å²) in [6, 6.07) is 5.80. The first-order valence-electron chi connectivity index (χ1n) is 5.77. The second-order valence-corrected chi connectivity index (χ2v) is 4.74. The van der Waals surface area contributed by atoms with E-state index in [1.54, 1.807) is 19.9 Å². The summed E-state index contributed by atoms with van der Waals surface area (Å²) in [5, 5.41) is 2.51. The Bertz CT molecular complexity index is 475. The molecule has 0 radical (unpaired) electrons. The lowest BCUT2D eigenvalue weighted by atomic mass is 9.93. The van der Waals surface area contributed by atoms with Crippen molar-refractivity contribution in [2.45, 2.75) is 13.8 Å². The highest BCUT2D eigenvalue weighted by atomic mass is 19.1. The first kappa shape index (κ1) is 14.9. The quantitative estimate of drug-likeness (QED) is 0.802. The summed E-state index contributed by atoms with van der Waals surface area (Å²) >= 11 is 0. The van der Waals surface area contributed by atoms with E-state index < -0.39 is 23.0 Å². The monoisotopic (exact) mass is 268 g/mol. The Kier molecular flexibility index (Phi) is 4.86. The number of carbonyl (C=O) groups excluding carboxylic acids is 2. The smallest absolute Gasteiger partial charge is 0.257 e. The molecule has 0 saturated heterocycles. The van der Waals surface area contributed by atoms with Crippen LogP contribution in [0, 0.1) is 11.2 Å². The zero-order chi connectivity index (χ0) is 14.5. The van der Waals surface area contributed by atoms with E-state index in [1.807, 2.05) is 0 Å². The molecule has 0 aliphatic carbocycles. The molecule has 0 aliphatic rings. The highest BCUT2D eigenvalue weighted by Crippen LogP contribution is 2.15. The number of halogens is 1. The average molecular weight is 268 g/mol. The number of hydrogen-bond acceptors (Lipinski definition) is 3. The number of ether oxygens (including phenoxy) is 1. The normalized spacial score (nSPS) is 10.9. The molecular weight excluding hydrogens is 251 g/mol. The summed E-state index contributed by atoms with van der Waals surface area (Å²) < 4.78 is 18.2. The third kappa shape index (κ3) is 4.57. The summed E-state index contributed by atoms with van der Waals surface area (Å²) in [6.45, 7) is 3.01. The van der Waals surface area contributed by atoms with Gasteiger partial charge in [-0.25, -0.2) is 4.39 Å². The van der Waals surface area contributed by atoms with Gasteiger partial charge in [-0.1, -0.05) is 12.1 Å². The van der Waals surface area contributed by atoms with Crippen molar-refractivity contribution in [2.24, 2.45) is 11.1 Å². The molecule has 1 rings (SSSR count). The minimum atomic E-state index is -0.840. The molecule has 0 atom stereocenters. The van der Waals surface area contributed by atoms with E-state index in [-0.39, 0.29) is 18.9 Å². The van der Waals surface area contributed by atoms with Gasteiger partial charge in [0, 0.05) is 6.54 Å². The Morgan fingerprint density at radius 1 is 1.37 bits per heavy atom. The first-order chi connectivity index (χ1) is 8.83. The molecular formula is C13H17FN2O3. The number of rotatable bonds is 6. The average Bonchev–Trinajstić information content (AvgIpc) is 2.35. The molecule has 0 bridgehead atoms. The second kappa shape index (κ2) is 6.17. The topological polar surface area (TPSA) is 81.4 Å². The number of para-hydroxylation sites is 1. The Morgan fingerprint density at radius 2 is 2.00 bits per heavy atom. The van der Waals surface area contributed by atoms with E-state index in [1.165, 1.54) is 18.2 Å². The van der Waals surface area contributed by atoms with Gasteiger partial charge in [0.25, 0.3) is 5.91 Å². The van der Waals surface area contributed by atoms with Crippen molar-refractivity contribution < 1.29 is 18.7 Å². The molecule has 0 aliphatic heterocycles. The fourth-order valence-corrected chi connectivity index (χ4v) is 1.16. The van der Waals surface area contributed by atoms with Gasteiger partial charge in [-0.2, -0.15) is 0 Å². The largest absolute Gasteiger partial charge is 0.481 e. The molecule has 0 fully saturated rings. The molecule has 0 saturated carbocycles. The van der Waals surface area contributed by atoms with Crippen molar-refractivity contribution in [3.8, 4) is 5.75 Å². The zero-order valence-electron chi connectivity index (χ0n) is 10.9. The number of hydrogen-bond donors (Lipinski definition) is 2. The van der Waals surface area contributed by atoms with Crippen LogP contribution < -0.4 is 15.8 Å². The Morgan fingerprint density at radius 3 is 2.58 bits per heavy atom. The summed E-state index contributed by atoms with van der Waals surface area (Å²) in [4.78, 5) is 22.5. The lowest BCUT2D eigenvalue weighted by Crippen LogP contribution is -2.43. The minimum Gasteiger partial charge on any atom is -0.481 e. The van der Waals surface area contributed by atoms with Crippen LogP contribution in [0.25, 0.3) is 0 Å². The van der Waals surface area contributed by atoms with E-state index in [0.717, 1.165) is 0 Å². The second-order valence-electron chi connectivity index (χ2n) is 4.74. The maximum atomic E-state index is 13.2. The summed E-state index contributed by atoms with van der Waals surface area (Å²) in [6.07, 6.45) is 0. The van der Waals surface area contributed by atoms with Crippen molar-refractivity contribution in [1.29, 1.82) is 0 Å². The van der Waals surface area contributed by atoms with E-state index in [9.17, 15) is 14.0 Å². The van der Waals surface area contributed by atoms with Crippen LogP contribution in [0.15, 0.2) is 24.3 Å². The van der Waals surface area contributed by atoms with Crippen LogP contribution in [0.3, 0.4) is 0 Å². The number of amides is 2. The summed E-state index contributed by atoms with van der Waals surface area (Å²) in [5.41, 5.74) is 4.33. The Labute approximate surface area is 110 Å². The number of primary amides is 1. The fraction of sp³-hybridized carbons (Fsp3) is 0.385. The molecule has 1 aromatic carbocycles. The maximum absolute atomic E-state index is 13.2. The molecule has 5 nitrogen and oxygen atoms in total. The zero-order valence-corrected chi connectivity index (χ0v) is 10.9. The van der Waals surface area contributed by atoms with E-state index >= 15 is 0 Å². The fourth-order valence-electron chi connectivity index (χ4n) is 1.16. The number of nitrogens with one attached hydrogen (secondary N) is 1. The highest BCUT2D eigenvalue weighted by Gasteiger charge is 2.25. The first-order valence-corrected chi connectivity index (χ1v) is 5.77. The Hall–Kier alpha value is -2.11. The van der Waals surface area contributed by atoms with Crippen molar-refractivity contribution in [3.05, 3.63) is 30.1 Å². The molecule has 0 heterocycles. The third-order valence-electron chi connectivity index (χ3n) is 2.59. The molecule has 3 N–H and O–H groups in total. The van der Waals surface area contributed by atoms with Gasteiger partial charge in [0.05, 0.1) is 5.41 Å². The van der Waals surface area contributed by atoms with Crippen LogP contribution >= 0.6 is 0 Å². The van der Waals surface area contributed by atoms with Gasteiger partial charge in [-0.15, -0.1) is 0 Å². The highest BCUT2D eigenvalue weighted by molar-refractivity contribution is 5.82. The standard InChI is InChI=1S/C13H17FN2O3/c1-13(2,12(15)18)8-16-11(17)7-19-10-6-4-3-5-9(10)14/h3-6H,7-8H2,1-2H3,(H2,15,18)(H,16,17). The Balaban J connectivity index is 2.41. The molecule has 6 heteroatoms. The molecule has 0 spiro atoms. The molecule has 2 amide bonds. The SMILES string of the molecule is CC(C)(CNC(=O)COc1ccccc1F)C(N)=O. The lowest BCUT2D eigenvalue weighted by molar-refractivity contribution is -0.127.